The molecule has 7 heteroatoms. The number of hydrogen-bond donors (Lipinski definition) is 2. The molecule has 0 radical (unpaired) electrons. The molecule has 2 N–H and O–H groups in total. The SMILES string of the molecule is O=C(N/N=C\c1ccc(OCc2ccc(Br)cc2Br)cc1)c1ccc(O)cc1. The number of carbonyl (C=O) groups excluding carboxylic acids is 1. The van der Waals surface area contributed by atoms with Gasteiger partial charge in [0.2, 0.25) is 0 Å². The van der Waals surface area contributed by atoms with E-state index in [1.54, 1.807) is 6.21 Å². The van der Waals surface area contributed by atoms with Crippen LogP contribution >= 0.6 is 31.9 Å². The van der Waals surface area contributed by atoms with Crippen LogP contribution in [0.1, 0.15) is 21.5 Å². The van der Waals surface area contributed by atoms with Gasteiger partial charge in [-0.3, -0.25) is 4.79 Å². The smallest absolute Gasteiger partial charge is 0.271 e. The number of hydrogen-bond acceptors (Lipinski definition) is 4. The van der Waals surface area contributed by atoms with Gasteiger partial charge in [0.1, 0.15) is 18.1 Å². The van der Waals surface area contributed by atoms with Crippen molar-refractivity contribution >= 4 is 44.0 Å². The lowest BCUT2D eigenvalue weighted by atomic mass is 10.2. The number of carbonyl (C=O) groups is 1. The van der Waals surface area contributed by atoms with Crippen LogP contribution in [0.15, 0.2) is 80.8 Å². The van der Waals surface area contributed by atoms with E-state index < -0.39 is 0 Å². The molecule has 3 rings (SSSR count). The molecule has 0 heterocycles. The molecule has 5 nitrogen and oxygen atoms in total. The van der Waals surface area contributed by atoms with Crippen molar-refractivity contribution in [3.8, 4) is 11.5 Å². The van der Waals surface area contributed by atoms with Crippen LogP contribution < -0.4 is 10.2 Å². The van der Waals surface area contributed by atoms with E-state index in [9.17, 15) is 9.90 Å². The highest BCUT2D eigenvalue weighted by atomic mass is 79.9. The summed E-state index contributed by atoms with van der Waals surface area (Å²) in [7, 11) is 0. The van der Waals surface area contributed by atoms with Gasteiger partial charge in [-0.15, -0.1) is 0 Å². The Hall–Kier alpha value is -2.64. The molecule has 142 valence electrons. The van der Waals surface area contributed by atoms with E-state index in [2.05, 4.69) is 42.4 Å². The molecular formula is C21H16Br2N2O3. The number of benzene rings is 3. The summed E-state index contributed by atoms with van der Waals surface area (Å²) in [5, 5.41) is 13.2. The maximum Gasteiger partial charge on any atom is 0.271 e. The fourth-order valence-electron chi connectivity index (χ4n) is 2.29. The molecule has 3 aromatic carbocycles. The quantitative estimate of drug-likeness (QED) is 0.356. The third-order valence-corrected chi connectivity index (χ3v) is 5.03. The van der Waals surface area contributed by atoms with E-state index in [1.807, 2.05) is 42.5 Å². The van der Waals surface area contributed by atoms with Gasteiger partial charge < -0.3 is 9.84 Å². The predicted octanol–water partition coefficient (Wildman–Crippen LogP) is 5.26. The van der Waals surface area contributed by atoms with Crippen molar-refractivity contribution in [1.82, 2.24) is 5.43 Å². The molecule has 0 fully saturated rings. The Morgan fingerprint density at radius 3 is 2.43 bits per heavy atom. The van der Waals surface area contributed by atoms with Crippen molar-refractivity contribution in [3.63, 3.8) is 0 Å². The minimum absolute atomic E-state index is 0.106. The first-order chi connectivity index (χ1) is 13.5. The van der Waals surface area contributed by atoms with Crippen molar-refractivity contribution in [2.45, 2.75) is 6.61 Å². The summed E-state index contributed by atoms with van der Waals surface area (Å²) in [6, 6.07) is 19.3. The van der Waals surface area contributed by atoms with Crippen molar-refractivity contribution in [2.75, 3.05) is 0 Å². The summed E-state index contributed by atoms with van der Waals surface area (Å²) in [5.41, 5.74) is 4.73. The molecule has 0 aromatic heterocycles. The zero-order chi connectivity index (χ0) is 19.9. The first-order valence-corrected chi connectivity index (χ1v) is 9.89. The molecule has 28 heavy (non-hydrogen) atoms. The molecule has 0 aliphatic carbocycles. The van der Waals surface area contributed by atoms with Gasteiger partial charge >= 0.3 is 0 Å². The monoisotopic (exact) mass is 502 g/mol. The Labute approximate surface area is 179 Å². The molecule has 0 atom stereocenters. The molecule has 0 bridgehead atoms. The molecule has 0 saturated heterocycles. The maximum atomic E-state index is 11.9. The predicted molar refractivity (Wildman–Crippen MR) is 116 cm³/mol. The zero-order valence-electron chi connectivity index (χ0n) is 14.6. The summed E-state index contributed by atoms with van der Waals surface area (Å²) in [5.74, 6) is 0.492. The van der Waals surface area contributed by atoms with Gasteiger partial charge in [0.25, 0.3) is 5.91 Å². The number of rotatable bonds is 6. The van der Waals surface area contributed by atoms with E-state index in [4.69, 9.17) is 4.74 Å². The number of phenolic OH excluding ortho intramolecular Hbond substituents is 1. The third-order valence-electron chi connectivity index (χ3n) is 3.80. The van der Waals surface area contributed by atoms with Gasteiger partial charge in [-0.2, -0.15) is 5.10 Å². The standard InChI is InChI=1S/C21H16Br2N2O3/c22-17-6-3-16(20(23)11-17)13-28-19-9-1-14(2-10-19)12-24-25-21(27)15-4-7-18(26)8-5-15/h1-12,26H,13H2,(H,25,27)/b24-12-. The number of nitrogens with one attached hydrogen (secondary N) is 1. The Morgan fingerprint density at radius 1 is 1.04 bits per heavy atom. The highest BCUT2D eigenvalue weighted by molar-refractivity contribution is 9.11. The molecule has 1 amide bonds. The topological polar surface area (TPSA) is 70.9 Å². The number of ether oxygens (including phenoxy) is 1. The lowest BCUT2D eigenvalue weighted by Crippen LogP contribution is -2.17. The summed E-state index contributed by atoms with van der Waals surface area (Å²) >= 11 is 6.94. The van der Waals surface area contributed by atoms with E-state index >= 15 is 0 Å². The third kappa shape index (κ3) is 5.68. The zero-order valence-corrected chi connectivity index (χ0v) is 17.8. The minimum atomic E-state index is -0.351. The molecule has 0 aliphatic heterocycles. The fraction of sp³-hybridized carbons (Fsp3) is 0.0476. The second kappa shape index (κ2) is 9.52. The van der Waals surface area contributed by atoms with Crippen LogP contribution in [0.3, 0.4) is 0 Å². The minimum Gasteiger partial charge on any atom is -0.508 e. The van der Waals surface area contributed by atoms with E-state index in [0.717, 1.165) is 25.8 Å². The van der Waals surface area contributed by atoms with Crippen LogP contribution in [0, 0.1) is 0 Å². The highest BCUT2D eigenvalue weighted by Crippen LogP contribution is 2.23. The number of phenols is 1. The van der Waals surface area contributed by atoms with Gasteiger partial charge in [0, 0.05) is 20.1 Å². The first-order valence-electron chi connectivity index (χ1n) is 8.30. The van der Waals surface area contributed by atoms with Crippen LogP contribution in [0.25, 0.3) is 0 Å². The summed E-state index contributed by atoms with van der Waals surface area (Å²) in [6.07, 6.45) is 1.55. The van der Waals surface area contributed by atoms with Crippen LogP contribution in [0.2, 0.25) is 0 Å². The van der Waals surface area contributed by atoms with Crippen LogP contribution in [0.5, 0.6) is 11.5 Å². The number of halogens is 2. The largest absolute Gasteiger partial charge is 0.508 e. The number of amides is 1. The Bertz CT molecular complexity index is 988. The number of nitrogens with zero attached hydrogens (tertiary/aromatic N) is 1. The highest BCUT2D eigenvalue weighted by Gasteiger charge is 2.04. The van der Waals surface area contributed by atoms with Crippen LogP contribution in [-0.4, -0.2) is 17.2 Å². The first kappa shape index (κ1) is 20.1. The maximum absolute atomic E-state index is 11.9. The Balaban J connectivity index is 1.53. The van der Waals surface area contributed by atoms with E-state index in [1.165, 1.54) is 24.3 Å². The molecule has 0 unspecified atom stereocenters. The Morgan fingerprint density at radius 2 is 1.75 bits per heavy atom. The van der Waals surface area contributed by atoms with Gasteiger partial charge in [-0.05, 0) is 66.2 Å². The molecule has 0 aliphatic rings. The molecule has 0 saturated carbocycles. The van der Waals surface area contributed by atoms with Gasteiger partial charge in [-0.25, -0.2) is 5.43 Å². The molecule has 3 aromatic rings. The summed E-state index contributed by atoms with van der Waals surface area (Å²) in [6.45, 7) is 0.448. The van der Waals surface area contributed by atoms with Gasteiger partial charge in [-0.1, -0.05) is 37.9 Å². The second-order valence-electron chi connectivity index (χ2n) is 5.84. The average Bonchev–Trinajstić information content (AvgIpc) is 2.69. The second-order valence-corrected chi connectivity index (χ2v) is 7.61. The van der Waals surface area contributed by atoms with Crippen molar-refractivity contribution in [2.24, 2.45) is 5.10 Å². The Kier molecular flexibility index (Phi) is 6.84. The normalized spacial score (nSPS) is 10.8. The fourth-order valence-corrected chi connectivity index (χ4v) is 3.45. The number of aromatic hydroxyl groups is 1. The van der Waals surface area contributed by atoms with Gasteiger partial charge in [0.05, 0.1) is 6.21 Å². The van der Waals surface area contributed by atoms with E-state index in [0.29, 0.717) is 12.2 Å². The van der Waals surface area contributed by atoms with E-state index in [-0.39, 0.29) is 11.7 Å². The van der Waals surface area contributed by atoms with Crippen LogP contribution in [0.4, 0.5) is 0 Å². The van der Waals surface area contributed by atoms with Crippen molar-refractivity contribution in [1.29, 1.82) is 0 Å². The van der Waals surface area contributed by atoms with Crippen LogP contribution in [-0.2, 0) is 6.61 Å². The molecule has 0 spiro atoms. The van der Waals surface area contributed by atoms with Crippen molar-refractivity contribution < 1.29 is 14.6 Å². The summed E-state index contributed by atoms with van der Waals surface area (Å²) in [4.78, 5) is 11.9. The average molecular weight is 504 g/mol. The summed E-state index contributed by atoms with van der Waals surface area (Å²) < 4.78 is 7.78. The lowest BCUT2D eigenvalue weighted by Gasteiger charge is -2.08. The lowest BCUT2D eigenvalue weighted by molar-refractivity contribution is 0.0955. The number of hydrazone groups is 1. The van der Waals surface area contributed by atoms with Gasteiger partial charge in [0.15, 0.2) is 0 Å². The van der Waals surface area contributed by atoms with Crippen molar-refractivity contribution in [3.05, 3.63) is 92.4 Å². The molecular weight excluding hydrogens is 488 g/mol.